The molecule has 0 aliphatic carbocycles. The maximum absolute atomic E-state index is 12.5. The van der Waals surface area contributed by atoms with Gasteiger partial charge in [-0.3, -0.25) is 19.7 Å². The van der Waals surface area contributed by atoms with Crippen LogP contribution in [0.4, 0.5) is 10.8 Å². The van der Waals surface area contributed by atoms with Crippen molar-refractivity contribution >= 4 is 51.5 Å². The zero-order valence-corrected chi connectivity index (χ0v) is 18.5. The molecule has 31 heavy (non-hydrogen) atoms. The SMILES string of the molecule is CCN(CC)C(=O)c1ccc(NC(=O)Cc2csc(NC(=O)c3ccco3)n2)cc1Cl. The molecule has 0 fully saturated rings. The first-order valence-electron chi connectivity index (χ1n) is 9.59. The second kappa shape index (κ2) is 10.2. The number of amides is 3. The van der Waals surface area contributed by atoms with Crippen LogP contribution in [-0.4, -0.2) is 40.7 Å². The first-order valence-corrected chi connectivity index (χ1v) is 10.8. The lowest BCUT2D eigenvalue weighted by Crippen LogP contribution is -2.30. The lowest BCUT2D eigenvalue weighted by molar-refractivity contribution is -0.115. The Balaban J connectivity index is 1.58. The van der Waals surface area contributed by atoms with E-state index in [4.69, 9.17) is 16.0 Å². The van der Waals surface area contributed by atoms with Crippen molar-refractivity contribution in [3.63, 3.8) is 0 Å². The number of furan rings is 1. The fraction of sp³-hybridized carbons (Fsp3) is 0.238. The van der Waals surface area contributed by atoms with E-state index in [-0.39, 0.29) is 29.0 Å². The average Bonchev–Trinajstić information content (AvgIpc) is 3.41. The minimum Gasteiger partial charge on any atom is -0.459 e. The minimum absolute atomic E-state index is 0.0187. The number of anilines is 2. The number of carbonyl (C=O) groups excluding carboxylic acids is 3. The Morgan fingerprint density at radius 1 is 1.16 bits per heavy atom. The van der Waals surface area contributed by atoms with Crippen molar-refractivity contribution in [1.82, 2.24) is 9.88 Å². The molecule has 162 valence electrons. The summed E-state index contributed by atoms with van der Waals surface area (Å²) in [5.74, 6) is -0.689. The number of thiazole rings is 1. The van der Waals surface area contributed by atoms with Gasteiger partial charge >= 0.3 is 0 Å². The van der Waals surface area contributed by atoms with Crippen molar-refractivity contribution in [2.45, 2.75) is 20.3 Å². The average molecular weight is 461 g/mol. The van der Waals surface area contributed by atoms with Crippen LogP contribution in [-0.2, 0) is 11.2 Å². The predicted molar refractivity (Wildman–Crippen MR) is 120 cm³/mol. The largest absolute Gasteiger partial charge is 0.459 e. The summed E-state index contributed by atoms with van der Waals surface area (Å²) in [6, 6.07) is 7.95. The number of halogens is 1. The van der Waals surface area contributed by atoms with Gasteiger partial charge in [-0.1, -0.05) is 11.6 Å². The molecule has 0 spiro atoms. The van der Waals surface area contributed by atoms with Gasteiger partial charge in [0, 0.05) is 24.2 Å². The Bertz CT molecular complexity index is 1080. The second-order valence-electron chi connectivity index (χ2n) is 6.47. The van der Waals surface area contributed by atoms with E-state index in [0.29, 0.717) is 35.2 Å². The number of hydrogen-bond donors (Lipinski definition) is 2. The molecular weight excluding hydrogens is 440 g/mol. The smallest absolute Gasteiger partial charge is 0.293 e. The number of nitrogens with one attached hydrogen (secondary N) is 2. The van der Waals surface area contributed by atoms with E-state index in [1.54, 1.807) is 40.6 Å². The van der Waals surface area contributed by atoms with Crippen LogP contribution < -0.4 is 10.6 Å². The Morgan fingerprint density at radius 3 is 2.58 bits per heavy atom. The molecule has 3 rings (SSSR count). The van der Waals surface area contributed by atoms with Gasteiger partial charge in [0.2, 0.25) is 5.91 Å². The maximum Gasteiger partial charge on any atom is 0.293 e. The number of rotatable bonds is 8. The van der Waals surface area contributed by atoms with Gasteiger partial charge in [0.05, 0.1) is 29.0 Å². The van der Waals surface area contributed by atoms with Crippen molar-refractivity contribution in [1.29, 1.82) is 0 Å². The molecule has 10 heteroatoms. The number of aromatic nitrogens is 1. The van der Waals surface area contributed by atoms with Crippen LogP contribution in [0.15, 0.2) is 46.4 Å². The van der Waals surface area contributed by atoms with Crippen LogP contribution in [0, 0.1) is 0 Å². The van der Waals surface area contributed by atoms with Crippen LogP contribution in [0.1, 0.15) is 40.5 Å². The van der Waals surface area contributed by atoms with Gasteiger partial charge in [0.15, 0.2) is 10.9 Å². The van der Waals surface area contributed by atoms with Gasteiger partial charge in [-0.25, -0.2) is 4.98 Å². The van der Waals surface area contributed by atoms with Crippen molar-refractivity contribution in [3.8, 4) is 0 Å². The fourth-order valence-electron chi connectivity index (χ4n) is 2.83. The molecule has 8 nitrogen and oxygen atoms in total. The highest BCUT2D eigenvalue weighted by molar-refractivity contribution is 7.14. The summed E-state index contributed by atoms with van der Waals surface area (Å²) in [7, 11) is 0. The monoisotopic (exact) mass is 460 g/mol. The normalized spacial score (nSPS) is 10.5. The van der Waals surface area contributed by atoms with Gasteiger partial charge in [-0.2, -0.15) is 0 Å². The van der Waals surface area contributed by atoms with Crippen LogP contribution in [0.2, 0.25) is 5.02 Å². The third kappa shape index (κ3) is 5.71. The summed E-state index contributed by atoms with van der Waals surface area (Å²) in [5.41, 5.74) is 1.38. The predicted octanol–water partition coefficient (Wildman–Crippen LogP) is 4.31. The summed E-state index contributed by atoms with van der Waals surface area (Å²) in [6.45, 7) is 4.97. The number of hydrogen-bond acceptors (Lipinski definition) is 6. The molecule has 0 atom stereocenters. The van der Waals surface area contributed by atoms with E-state index in [9.17, 15) is 14.4 Å². The molecule has 0 aliphatic heterocycles. The van der Waals surface area contributed by atoms with Gasteiger partial charge < -0.3 is 14.6 Å². The molecule has 2 N–H and O–H groups in total. The Hall–Kier alpha value is -3.17. The van der Waals surface area contributed by atoms with Crippen LogP contribution in [0.25, 0.3) is 0 Å². The van der Waals surface area contributed by atoms with Gasteiger partial charge in [0.25, 0.3) is 11.8 Å². The lowest BCUT2D eigenvalue weighted by atomic mass is 10.1. The zero-order valence-electron chi connectivity index (χ0n) is 17.0. The third-order valence-corrected chi connectivity index (χ3v) is 5.51. The molecule has 3 amide bonds. The lowest BCUT2D eigenvalue weighted by Gasteiger charge is -2.19. The van der Waals surface area contributed by atoms with E-state index >= 15 is 0 Å². The van der Waals surface area contributed by atoms with Crippen molar-refractivity contribution < 1.29 is 18.8 Å². The van der Waals surface area contributed by atoms with E-state index in [2.05, 4.69) is 15.6 Å². The summed E-state index contributed by atoms with van der Waals surface area (Å²) in [6.07, 6.45) is 1.43. The highest BCUT2D eigenvalue weighted by atomic mass is 35.5. The number of benzene rings is 1. The summed E-state index contributed by atoms with van der Waals surface area (Å²) >= 11 is 7.47. The van der Waals surface area contributed by atoms with E-state index in [1.165, 1.54) is 17.6 Å². The van der Waals surface area contributed by atoms with E-state index in [0.717, 1.165) is 0 Å². The summed E-state index contributed by atoms with van der Waals surface area (Å²) in [4.78, 5) is 42.7. The molecule has 3 aromatic rings. The fourth-order valence-corrected chi connectivity index (χ4v) is 3.80. The molecule has 2 heterocycles. The third-order valence-electron chi connectivity index (χ3n) is 4.39. The van der Waals surface area contributed by atoms with Crippen LogP contribution >= 0.6 is 22.9 Å². The highest BCUT2D eigenvalue weighted by Crippen LogP contribution is 2.23. The first kappa shape index (κ1) is 22.5. The van der Waals surface area contributed by atoms with Crippen LogP contribution in [0.3, 0.4) is 0 Å². The van der Waals surface area contributed by atoms with Gasteiger partial charge in [0.1, 0.15) is 0 Å². The molecule has 0 radical (unpaired) electrons. The quantitative estimate of drug-likeness (QED) is 0.521. The Labute approximate surface area is 188 Å². The molecular formula is C21H21ClN4O4S. The van der Waals surface area contributed by atoms with E-state index in [1.807, 2.05) is 13.8 Å². The van der Waals surface area contributed by atoms with Gasteiger partial charge in [-0.05, 0) is 44.2 Å². The summed E-state index contributed by atoms with van der Waals surface area (Å²) in [5, 5.41) is 7.69. The Morgan fingerprint density at radius 2 is 1.94 bits per heavy atom. The zero-order chi connectivity index (χ0) is 22.4. The Kier molecular flexibility index (Phi) is 7.43. The van der Waals surface area contributed by atoms with Crippen molar-refractivity contribution in [3.05, 3.63) is 64.0 Å². The number of carbonyl (C=O) groups is 3. The van der Waals surface area contributed by atoms with Crippen molar-refractivity contribution in [2.75, 3.05) is 23.7 Å². The topological polar surface area (TPSA) is 105 Å². The molecule has 0 aliphatic rings. The number of nitrogens with zero attached hydrogens (tertiary/aromatic N) is 2. The first-order chi connectivity index (χ1) is 14.9. The maximum atomic E-state index is 12.5. The molecule has 0 unspecified atom stereocenters. The molecule has 0 saturated heterocycles. The summed E-state index contributed by atoms with van der Waals surface area (Å²) < 4.78 is 5.03. The molecule has 2 aromatic heterocycles. The standard InChI is InChI=1S/C21H21ClN4O4S/c1-3-26(4-2)20(29)15-8-7-13(10-16(15)22)23-18(27)11-14-12-31-21(24-14)25-19(28)17-6-5-9-30-17/h5-10,12H,3-4,11H2,1-2H3,(H,23,27)(H,24,25,28). The molecule has 0 saturated carbocycles. The second-order valence-corrected chi connectivity index (χ2v) is 7.74. The van der Waals surface area contributed by atoms with Gasteiger partial charge in [-0.15, -0.1) is 11.3 Å². The van der Waals surface area contributed by atoms with Crippen molar-refractivity contribution in [2.24, 2.45) is 0 Å². The molecule has 1 aromatic carbocycles. The van der Waals surface area contributed by atoms with Crippen LogP contribution in [0.5, 0.6) is 0 Å². The minimum atomic E-state index is -0.413. The highest BCUT2D eigenvalue weighted by Gasteiger charge is 2.17. The molecule has 0 bridgehead atoms. The van der Waals surface area contributed by atoms with E-state index < -0.39 is 5.91 Å².